The Morgan fingerprint density at radius 1 is 0.875 bits per heavy atom. The van der Waals surface area contributed by atoms with Crippen LogP contribution in [0.4, 0.5) is 5.69 Å². The fourth-order valence-corrected chi connectivity index (χ4v) is 5.57. The summed E-state index contributed by atoms with van der Waals surface area (Å²) in [4.78, 5) is 12.1. The van der Waals surface area contributed by atoms with Crippen LogP contribution < -0.4 is 15.0 Å². The molecule has 3 aromatic rings. The number of benzene rings is 2. The number of hydrogen-bond acceptors (Lipinski definition) is 5. The predicted molar refractivity (Wildman–Crippen MR) is 122 cm³/mol. The van der Waals surface area contributed by atoms with Gasteiger partial charge in [0.15, 0.2) is 0 Å². The summed E-state index contributed by atoms with van der Waals surface area (Å²) in [5, 5.41) is 0.497. The summed E-state index contributed by atoms with van der Waals surface area (Å²) >= 11 is 6.15. The van der Waals surface area contributed by atoms with Gasteiger partial charge in [0, 0.05) is 23.3 Å². The van der Waals surface area contributed by atoms with Crippen LogP contribution in [0.3, 0.4) is 0 Å². The van der Waals surface area contributed by atoms with Gasteiger partial charge in [-0.25, -0.2) is 21.6 Å². The van der Waals surface area contributed by atoms with Gasteiger partial charge >= 0.3 is 0 Å². The molecule has 11 heteroatoms. The van der Waals surface area contributed by atoms with E-state index in [9.17, 15) is 21.6 Å². The first-order valence-corrected chi connectivity index (χ1v) is 13.1. The van der Waals surface area contributed by atoms with Gasteiger partial charge in [-0.3, -0.25) is 9.52 Å². The van der Waals surface area contributed by atoms with Crippen LogP contribution in [0, 0.1) is 0 Å². The Kier molecular flexibility index (Phi) is 6.13. The van der Waals surface area contributed by atoms with Crippen molar-refractivity contribution < 1.29 is 16.8 Å². The Morgan fingerprint density at radius 2 is 1.50 bits per heavy atom. The van der Waals surface area contributed by atoms with Gasteiger partial charge < -0.3 is 4.57 Å². The lowest BCUT2D eigenvalue weighted by atomic mass is 10.2. The number of rotatable bonds is 8. The average molecular weight is 494 g/mol. The molecule has 1 heterocycles. The highest BCUT2D eigenvalue weighted by molar-refractivity contribution is 7.92. The summed E-state index contributed by atoms with van der Waals surface area (Å²) in [6.07, 6.45) is 2.99. The third-order valence-corrected chi connectivity index (χ3v) is 8.18. The maximum atomic E-state index is 12.8. The third kappa shape index (κ3) is 5.21. The number of nitrogens with one attached hydrogen (secondary N) is 2. The highest BCUT2D eigenvalue weighted by atomic mass is 35.5. The highest BCUT2D eigenvalue weighted by Crippen LogP contribution is 2.23. The molecular formula is C21H20ClN3O5S2. The number of anilines is 1. The Balaban J connectivity index is 1.54. The molecule has 1 aromatic heterocycles. The van der Waals surface area contributed by atoms with Crippen molar-refractivity contribution >= 4 is 37.3 Å². The molecule has 168 valence electrons. The molecule has 2 aromatic carbocycles. The van der Waals surface area contributed by atoms with Crippen molar-refractivity contribution in [3.05, 3.63) is 87.8 Å². The van der Waals surface area contributed by atoms with Crippen LogP contribution in [0.2, 0.25) is 5.02 Å². The fourth-order valence-electron chi connectivity index (χ4n) is 3.03. The predicted octanol–water partition coefficient (Wildman–Crippen LogP) is 2.79. The van der Waals surface area contributed by atoms with Crippen LogP contribution in [0.1, 0.15) is 18.4 Å². The van der Waals surface area contributed by atoms with Crippen molar-refractivity contribution in [2.75, 3.05) is 4.72 Å². The molecule has 1 saturated carbocycles. The molecule has 1 fully saturated rings. The van der Waals surface area contributed by atoms with Gasteiger partial charge in [-0.1, -0.05) is 29.8 Å². The van der Waals surface area contributed by atoms with Crippen LogP contribution in [-0.4, -0.2) is 27.4 Å². The van der Waals surface area contributed by atoms with E-state index in [4.69, 9.17) is 11.6 Å². The molecule has 4 rings (SSSR count). The lowest BCUT2D eigenvalue weighted by Crippen LogP contribution is -2.25. The quantitative estimate of drug-likeness (QED) is 0.500. The van der Waals surface area contributed by atoms with E-state index < -0.39 is 20.0 Å². The van der Waals surface area contributed by atoms with E-state index in [1.54, 1.807) is 24.3 Å². The molecule has 0 saturated heterocycles. The van der Waals surface area contributed by atoms with Gasteiger partial charge in [-0.05, 0) is 54.8 Å². The van der Waals surface area contributed by atoms with E-state index in [-0.39, 0.29) is 33.6 Å². The second kappa shape index (κ2) is 8.70. The zero-order chi connectivity index (χ0) is 22.9. The molecule has 0 aliphatic heterocycles. The molecule has 0 atom stereocenters. The largest absolute Gasteiger partial charge is 0.309 e. The Bertz CT molecular complexity index is 1410. The summed E-state index contributed by atoms with van der Waals surface area (Å²) < 4.78 is 56.4. The summed E-state index contributed by atoms with van der Waals surface area (Å²) in [5.74, 6) is 0. The van der Waals surface area contributed by atoms with Crippen molar-refractivity contribution in [1.82, 2.24) is 9.29 Å². The molecule has 0 unspecified atom stereocenters. The summed E-state index contributed by atoms with van der Waals surface area (Å²) in [6.45, 7) is 0.175. The number of hydrogen-bond donors (Lipinski definition) is 2. The molecule has 1 aliphatic rings. The van der Waals surface area contributed by atoms with Crippen LogP contribution in [0.25, 0.3) is 0 Å². The zero-order valence-electron chi connectivity index (χ0n) is 16.7. The molecule has 0 radical (unpaired) electrons. The third-order valence-electron chi connectivity index (χ3n) is 4.88. The molecule has 2 N–H and O–H groups in total. The number of aromatic nitrogens is 1. The zero-order valence-corrected chi connectivity index (χ0v) is 19.1. The molecule has 1 aliphatic carbocycles. The fraction of sp³-hybridized carbons (Fsp3) is 0.190. The van der Waals surface area contributed by atoms with Crippen molar-refractivity contribution in [3.63, 3.8) is 0 Å². The first-order valence-electron chi connectivity index (χ1n) is 9.73. The van der Waals surface area contributed by atoms with Crippen molar-refractivity contribution in [1.29, 1.82) is 0 Å². The smallest absolute Gasteiger partial charge is 0.261 e. The summed E-state index contributed by atoms with van der Waals surface area (Å²) in [6, 6.07) is 14.6. The van der Waals surface area contributed by atoms with E-state index in [0.717, 1.165) is 12.8 Å². The van der Waals surface area contributed by atoms with E-state index in [0.29, 0.717) is 10.6 Å². The van der Waals surface area contributed by atoms with E-state index in [1.165, 1.54) is 47.2 Å². The molecular weight excluding hydrogens is 474 g/mol. The summed E-state index contributed by atoms with van der Waals surface area (Å²) in [5.41, 5.74) is 0.585. The van der Waals surface area contributed by atoms with Crippen LogP contribution in [0.15, 0.2) is 81.4 Å². The van der Waals surface area contributed by atoms with Gasteiger partial charge in [-0.15, -0.1) is 0 Å². The first-order chi connectivity index (χ1) is 15.1. The van der Waals surface area contributed by atoms with Crippen LogP contribution in [0.5, 0.6) is 0 Å². The molecule has 32 heavy (non-hydrogen) atoms. The standard InChI is InChI=1S/C21H20ClN3O5S2/c22-20-4-2-1-3-15(20)13-25-14-17(7-12-21(25)26)24-32(29,30)19-10-8-18(9-11-19)31(27,28)23-16-5-6-16/h1-4,7-12,14,16,23-24H,5-6,13H2. The maximum absolute atomic E-state index is 12.8. The van der Waals surface area contributed by atoms with Gasteiger partial charge in [-0.2, -0.15) is 0 Å². The monoisotopic (exact) mass is 493 g/mol. The van der Waals surface area contributed by atoms with E-state index in [2.05, 4.69) is 9.44 Å². The van der Waals surface area contributed by atoms with Crippen molar-refractivity contribution in [3.8, 4) is 0 Å². The molecule has 0 bridgehead atoms. The lowest BCUT2D eigenvalue weighted by molar-refractivity contribution is 0.580. The minimum absolute atomic E-state index is 0.00311. The second-order valence-electron chi connectivity index (χ2n) is 7.45. The lowest BCUT2D eigenvalue weighted by Gasteiger charge is -2.12. The number of nitrogens with zero attached hydrogens (tertiary/aromatic N) is 1. The SMILES string of the molecule is O=c1ccc(NS(=O)(=O)c2ccc(S(=O)(=O)NC3CC3)cc2)cn1Cc1ccccc1Cl. The topological polar surface area (TPSA) is 114 Å². The van der Waals surface area contributed by atoms with Gasteiger partial charge in [0.2, 0.25) is 10.0 Å². The van der Waals surface area contributed by atoms with Gasteiger partial charge in [0.25, 0.3) is 15.6 Å². The summed E-state index contributed by atoms with van der Waals surface area (Å²) in [7, 11) is -7.68. The van der Waals surface area contributed by atoms with E-state index in [1.807, 2.05) is 0 Å². The molecule has 0 amide bonds. The van der Waals surface area contributed by atoms with Crippen molar-refractivity contribution in [2.24, 2.45) is 0 Å². The van der Waals surface area contributed by atoms with Gasteiger partial charge in [0.1, 0.15) is 0 Å². The second-order valence-corrected chi connectivity index (χ2v) is 11.3. The Morgan fingerprint density at radius 3 is 2.12 bits per heavy atom. The van der Waals surface area contributed by atoms with Crippen LogP contribution >= 0.6 is 11.6 Å². The Hall–Kier alpha value is -2.66. The maximum Gasteiger partial charge on any atom is 0.261 e. The number of pyridine rings is 1. The Labute approximate surface area is 191 Å². The molecule has 8 nitrogen and oxygen atoms in total. The normalized spacial score (nSPS) is 14.3. The number of sulfonamides is 2. The average Bonchev–Trinajstić information content (AvgIpc) is 3.55. The minimum atomic E-state index is -4.00. The highest BCUT2D eigenvalue weighted by Gasteiger charge is 2.28. The minimum Gasteiger partial charge on any atom is -0.309 e. The number of halogens is 1. The first kappa shape index (κ1) is 22.5. The van der Waals surface area contributed by atoms with Gasteiger partial charge in [0.05, 0.1) is 22.0 Å². The van der Waals surface area contributed by atoms with E-state index >= 15 is 0 Å². The molecule has 0 spiro atoms. The van der Waals surface area contributed by atoms with Crippen LogP contribution in [-0.2, 0) is 26.6 Å². The van der Waals surface area contributed by atoms with Crippen molar-refractivity contribution in [2.45, 2.75) is 35.2 Å².